The van der Waals surface area contributed by atoms with Crippen LogP contribution in [0.15, 0.2) is 48.7 Å². The molecule has 1 amide bonds. The van der Waals surface area contributed by atoms with Crippen molar-refractivity contribution in [1.82, 2.24) is 9.97 Å². The molecule has 1 saturated heterocycles. The minimum atomic E-state index is -4.65. The molecule has 196 valence electrons. The number of hydrogen-bond donors (Lipinski definition) is 2. The Hall–Kier alpha value is -3.70. The highest BCUT2D eigenvalue weighted by Gasteiger charge is 2.33. The molecule has 0 bridgehead atoms. The van der Waals surface area contributed by atoms with Crippen LogP contribution in [-0.4, -0.2) is 60.0 Å². The van der Waals surface area contributed by atoms with Gasteiger partial charge in [-0.05, 0) is 60.9 Å². The molecule has 0 spiro atoms. The number of anilines is 2. The largest absolute Gasteiger partial charge is 0.472 e. The molecule has 1 aliphatic rings. The summed E-state index contributed by atoms with van der Waals surface area (Å²) in [5.41, 5.74) is 1.57. The molecule has 0 aliphatic carbocycles. The molecule has 11 heteroatoms. The van der Waals surface area contributed by atoms with Gasteiger partial charge in [0.2, 0.25) is 5.88 Å². The van der Waals surface area contributed by atoms with Crippen LogP contribution in [0.2, 0.25) is 0 Å². The molecular weight excluding hydrogens is 489 g/mol. The fraction of sp³-hybridized carbons (Fsp3) is 0.346. The number of morpholine rings is 1. The number of benzene rings is 1. The third-order valence-corrected chi connectivity index (χ3v) is 5.82. The summed E-state index contributed by atoms with van der Waals surface area (Å²) >= 11 is 0. The molecule has 1 aromatic carbocycles. The predicted molar refractivity (Wildman–Crippen MR) is 132 cm³/mol. The van der Waals surface area contributed by atoms with Crippen molar-refractivity contribution in [2.45, 2.75) is 26.1 Å². The number of hydrogen-bond acceptors (Lipinski definition) is 7. The van der Waals surface area contributed by atoms with E-state index in [1.165, 1.54) is 6.07 Å². The molecule has 37 heavy (non-hydrogen) atoms. The maximum Gasteiger partial charge on any atom is 0.433 e. The Morgan fingerprint density at radius 2 is 1.95 bits per heavy atom. The Bertz CT molecular complexity index is 1260. The summed E-state index contributed by atoms with van der Waals surface area (Å²) in [5, 5.41) is 12.1. The molecule has 3 aromatic rings. The topological polar surface area (TPSA) is 96.8 Å². The highest BCUT2D eigenvalue weighted by Crippen LogP contribution is 2.33. The van der Waals surface area contributed by atoms with Crippen molar-refractivity contribution < 1.29 is 32.5 Å². The van der Waals surface area contributed by atoms with Gasteiger partial charge < -0.3 is 24.8 Å². The number of carbonyl (C=O) groups is 1. The average molecular weight is 517 g/mol. The van der Waals surface area contributed by atoms with Gasteiger partial charge in [-0.25, -0.2) is 0 Å². The van der Waals surface area contributed by atoms with Crippen molar-refractivity contribution in [2.75, 3.05) is 43.1 Å². The molecule has 1 aliphatic heterocycles. The van der Waals surface area contributed by atoms with Crippen molar-refractivity contribution in [2.24, 2.45) is 0 Å². The van der Waals surface area contributed by atoms with Crippen molar-refractivity contribution in [1.29, 1.82) is 0 Å². The monoisotopic (exact) mass is 516 g/mol. The summed E-state index contributed by atoms with van der Waals surface area (Å²) in [6, 6.07) is 10.8. The predicted octanol–water partition coefficient (Wildman–Crippen LogP) is 4.32. The summed E-state index contributed by atoms with van der Waals surface area (Å²) < 4.78 is 50.3. The number of amides is 1. The van der Waals surface area contributed by atoms with Crippen molar-refractivity contribution in [3.63, 3.8) is 0 Å². The quantitative estimate of drug-likeness (QED) is 0.483. The SMILES string of the molecule is Cc1ccc(NC(=O)c2ccnc(C(F)(F)F)c2)cc1-c1cc(O[C@H](C)CO)nc(N2CCOCC2)c1. The van der Waals surface area contributed by atoms with Gasteiger partial charge in [0.25, 0.3) is 5.91 Å². The first-order valence-corrected chi connectivity index (χ1v) is 11.7. The second-order valence-corrected chi connectivity index (χ2v) is 8.67. The molecule has 8 nitrogen and oxygen atoms in total. The van der Waals surface area contributed by atoms with Crippen LogP contribution in [0.3, 0.4) is 0 Å². The smallest absolute Gasteiger partial charge is 0.433 e. The lowest BCUT2D eigenvalue weighted by molar-refractivity contribution is -0.141. The first kappa shape index (κ1) is 26.4. The first-order valence-electron chi connectivity index (χ1n) is 11.7. The lowest BCUT2D eigenvalue weighted by Gasteiger charge is -2.28. The number of nitrogens with zero attached hydrogens (tertiary/aromatic N) is 3. The van der Waals surface area contributed by atoms with Crippen LogP contribution in [-0.2, 0) is 10.9 Å². The van der Waals surface area contributed by atoms with Gasteiger partial charge in [0.15, 0.2) is 0 Å². The number of aromatic nitrogens is 2. The van der Waals surface area contributed by atoms with E-state index in [0.29, 0.717) is 49.8 Å². The van der Waals surface area contributed by atoms with Crippen LogP contribution in [0.4, 0.5) is 24.7 Å². The lowest BCUT2D eigenvalue weighted by atomic mass is 10.00. The molecule has 0 unspecified atom stereocenters. The number of aliphatic hydroxyl groups excluding tert-OH is 1. The van der Waals surface area contributed by atoms with E-state index in [4.69, 9.17) is 9.47 Å². The van der Waals surface area contributed by atoms with E-state index in [1.54, 1.807) is 25.1 Å². The van der Waals surface area contributed by atoms with Gasteiger partial charge in [0, 0.05) is 36.6 Å². The van der Waals surface area contributed by atoms with E-state index in [9.17, 15) is 23.1 Å². The average Bonchev–Trinajstić information content (AvgIpc) is 2.89. The fourth-order valence-electron chi connectivity index (χ4n) is 3.85. The van der Waals surface area contributed by atoms with Crippen LogP contribution in [0, 0.1) is 6.92 Å². The highest BCUT2D eigenvalue weighted by atomic mass is 19.4. The number of carbonyl (C=O) groups excluding carboxylic acids is 1. The second-order valence-electron chi connectivity index (χ2n) is 8.67. The highest BCUT2D eigenvalue weighted by molar-refractivity contribution is 6.04. The maximum absolute atomic E-state index is 13.0. The number of aryl methyl sites for hydroxylation is 1. The standard InChI is InChI=1S/C26H27F3N4O4/c1-16-3-4-20(31-25(35)18-5-6-30-22(11-18)26(27,28)29)14-21(16)19-12-23(33-7-9-36-10-8-33)32-24(13-19)37-17(2)15-34/h3-6,11-14,17,34H,7-10,15H2,1-2H3,(H,31,35)/t17-/m1/s1. The fourth-order valence-corrected chi connectivity index (χ4v) is 3.85. The zero-order valence-electron chi connectivity index (χ0n) is 20.4. The molecule has 2 aromatic heterocycles. The number of ether oxygens (including phenoxy) is 2. The Balaban J connectivity index is 1.66. The number of alkyl halides is 3. The molecule has 3 heterocycles. The zero-order valence-corrected chi connectivity index (χ0v) is 20.4. The van der Waals surface area contributed by atoms with Gasteiger partial charge >= 0.3 is 6.18 Å². The maximum atomic E-state index is 13.0. The first-order chi connectivity index (χ1) is 17.6. The van der Waals surface area contributed by atoms with Crippen LogP contribution in [0.1, 0.15) is 28.5 Å². The van der Waals surface area contributed by atoms with Crippen molar-refractivity contribution in [3.8, 4) is 17.0 Å². The summed E-state index contributed by atoms with van der Waals surface area (Å²) in [6.45, 7) is 5.92. The molecule has 0 radical (unpaired) electrons. The van der Waals surface area contributed by atoms with Gasteiger partial charge in [-0.15, -0.1) is 0 Å². The molecule has 0 saturated carbocycles. The van der Waals surface area contributed by atoms with E-state index in [2.05, 4.69) is 20.2 Å². The minimum absolute atomic E-state index is 0.156. The van der Waals surface area contributed by atoms with Crippen LogP contribution in [0.25, 0.3) is 11.1 Å². The van der Waals surface area contributed by atoms with Crippen LogP contribution >= 0.6 is 0 Å². The zero-order chi connectivity index (χ0) is 26.6. The molecule has 1 fully saturated rings. The number of aliphatic hydroxyl groups is 1. The number of pyridine rings is 2. The summed E-state index contributed by atoms with van der Waals surface area (Å²) in [4.78, 5) is 22.7. The number of halogens is 3. The molecular formula is C26H27F3N4O4. The Morgan fingerprint density at radius 3 is 2.65 bits per heavy atom. The molecule has 2 N–H and O–H groups in total. The van der Waals surface area contributed by atoms with E-state index in [1.807, 2.05) is 19.1 Å². The summed E-state index contributed by atoms with van der Waals surface area (Å²) in [7, 11) is 0. The van der Waals surface area contributed by atoms with E-state index in [0.717, 1.165) is 22.9 Å². The molecule has 1 atom stereocenters. The number of rotatable bonds is 7. The molecule has 4 rings (SSSR count). The van der Waals surface area contributed by atoms with E-state index in [-0.39, 0.29) is 12.2 Å². The third kappa shape index (κ3) is 6.55. The lowest BCUT2D eigenvalue weighted by Crippen LogP contribution is -2.36. The van der Waals surface area contributed by atoms with Crippen molar-refractivity contribution in [3.05, 3.63) is 65.5 Å². The van der Waals surface area contributed by atoms with Crippen LogP contribution < -0.4 is 15.0 Å². The van der Waals surface area contributed by atoms with Crippen LogP contribution in [0.5, 0.6) is 5.88 Å². The van der Waals surface area contributed by atoms with Gasteiger partial charge in [0.1, 0.15) is 17.6 Å². The van der Waals surface area contributed by atoms with Crippen molar-refractivity contribution >= 4 is 17.4 Å². The third-order valence-electron chi connectivity index (χ3n) is 5.82. The Kier molecular flexibility index (Phi) is 7.94. The number of nitrogens with one attached hydrogen (secondary N) is 1. The van der Waals surface area contributed by atoms with Gasteiger partial charge in [-0.1, -0.05) is 6.07 Å². The Morgan fingerprint density at radius 1 is 1.19 bits per heavy atom. The minimum Gasteiger partial charge on any atom is -0.472 e. The van der Waals surface area contributed by atoms with Gasteiger partial charge in [-0.2, -0.15) is 18.2 Å². The normalized spacial score (nSPS) is 14.8. The summed E-state index contributed by atoms with van der Waals surface area (Å²) in [6.07, 6.45) is -4.16. The van der Waals surface area contributed by atoms with E-state index < -0.39 is 23.9 Å². The van der Waals surface area contributed by atoms with Gasteiger partial charge in [-0.3, -0.25) is 9.78 Å². The second kappa shape index (κ2) is 11.1. The van der Waals surface area contributed by atoms with Gasteiger partial charge in [0.05, 0.1) is 19.8 Å². The Labute approximate surface area is 212 Å². The van der Waals surface area contributed by atoms with E-state index >= 15 is 0 Å². The summed E-state index contributed by atoms with van der Waals surface area (Å²) in [5.74, 6) is 0.337.